The Bertz CT molecular complexity index is 905. The van der Waals surface area contributed by atoms with Crippen molar-refractivity contribution in [2.24, 2.45) is 5.92 Å². The molecule has 0 aliphatic rings. The molecule has 0 aromatic carbocycles. The summed E-state index contributed by atoms with van der Waals surface area (Å²) in [6.07, 6.45) is -0.963. The van der Waals surface area contributed by atoms with Gasteiger partial charge in [-0.2, -0.15) is 8.78 Å². The van der Waals surface area contributed by atoms with Crippen molar-refractivity contribution >= 4 is 11.7 Å². The van der Waals surface area contributed by atoms with Crippen molar-refractivity contribution in [3.63, 3.8) is 0 Å². The van der Waals surface area contributed by atoms with Gasteiger partial charge in [0.15, 0.2) is 6.61 Å². The van der Waals surface area contributed by atoms with Crippen LogP contribution in [-0.4, -0.2) is 40.6 Å². The van der Waals surface area contributed by atoms with Gasteiger partial charge < -0.3 is 10.1 Å². The molecule has 2 aromatic heterocycles. The molecular formula is C21H23F4N3O3. The van der Waals surface area contributed by atoms with Crippen LogP contribution < -0.4 is 10.1 Å². The topological polar surface area (TPSA) is 81.2 Å². The van der Waals surface area contributed by atoms with Gasteiger partial charge in [0.2, 0.25) is 5.88 Å². The summed E-state index contributed by atoms with van der Waals surface area (Å²) in [4.78, 5) is 32.3. The van der Waals surface area contributed by atoms with E-state index in [0.717, 1.165) is 0 Å². The van der Waals surface area contributed by atoms with Crippen LogP contribution in [0.4, 0.5) is 17.6 Å². The number of rotatable bonds is 10. The van der Waals surface area contributed by atoms with Gasteiger partial charge in [0.1, 0.15) is 5.78 Å². The number of nitrogens with zero attached hydrogens (tertiary/aromatic N) is 2. The Hall–Kier alpha value is -3.04. The molecule has 0 aliphatic carbocycles. The highest BCUT2D eigenvalue weighted by atomic mass is 19.3. The smallest absolute Gasteiger partial charge is 0.340 e. The number of hydrogen-bond donors (Lipinski definition) is 1. The first-order valence-electron chi connectivity index (χ1n) is 9.53. The van der Waals surface area contributed by atoms with E-state index in [4.69, 9.17) is 0 Å². The molecule has 0 radical (unpaired) electrons. The number of carbonyl (C=O) groups is 2. The van der Waals surface area contributed by atoms with Gasteiger partial charge in [0.25, 0.3) is 5.91 Å². The lowest BCUT2D eigenvalue weighted by Crippen LogP contribution is -2.33. The molecule has 31 heavy (non-hydrogen) atoms. The zero-order valence-electron chi connectivity index (χ0n) is 17.2. The minimum absolute atomic E-state index is 0.0121. The number of amides is 1. The van der Waals surface area contributed by atoms with E-state index in [1.165, 1.54) is 30.6 Å². The normalized spacial score (nSPS) is 12.7. The quantitative estimate of drug-likeness (QED) is 0.564. The van der Waals surface area contributed by atoms with E-state index in [2.05, 4.69) is 20.0 Å². The fourth-order valence-corrected chi connectivity index (χ4v) is 2.43. The van der Waals surface area contributed by atoms with Gasteiger partial charge in [0.05, 0.1) is 6.04 Å². The van der Waals surface area contributed by atoms with E-state index >= 15 is 0 Å². The fourth-order valence-electron chi connectivity index (χ4n) is 2.43. The predicted octanol–water partition coefficient (Wildman–Crippen LogP) is 4.01. The Morgan fingerprint density at radius 2 is 1.84 bits per heavy atom. The van der Waals surface area contributed by atoms with E-state index < -0.39 is 30.9 Å². The number of nitrogens with one attached hydrogen (secondary N) is 1. The number of ketones is 1. The summed E-state index contributed by atoms with van der Waals surface area (Å²) in [5.41, 5.74) is 1.36. The van der Waals surface area contributed by atoms with Crippen molar-refractivity contribution in [1.29, 1.82) is 0 Å². The van der Waals surface area contributed by atoms with E-state index in [9.17, 15) is 27.2 Å². The van der Waals surface area contributed by atoms with E-state index in [0.29, 0.717) is 16.8 Å². The van der Waals surface area contributed by atoms with Crippen LogP contribution in [0.25, 0.3) is 0 Å². The predicted molar refractivity (Wildman–Crippen MR) is 104 cm³/mol. The molecule has 10 heteroatoms. The van der Waals surface area contributed by atoms with Gasteiger partial charge in [-0.05, 0) is 24.6 Å². The van der Waals surface area contributed by atoms with Gasteiger partial charge in [0, 0.05) is 42.1 Å². The molecule has 0 fully saturated rings. The Balaban J connectivity index is 1.98. The summed E-state index contributed by atoms with van der Waals surface area (Å²) < 4.78 is 54.7. The summed E-state index contributed by atoms with van der Waals surface area (Å²) in [5, 5.41) is 2.75. The third kappa shape index (κ3) is 7.01. The van der Waals surface area contributed by atoms with Gasteiger partial charge in [-0.1, -0.05) is 19.9 Å². The zero-order valence-corrected chi connectivity index (χ0v) is 17.2. The van der Waals surface area contributed by atoms with E-state index in [1.807, 2.05) is 0 Å². The van der Waals surface area contributed by atoms with Crippen LogP contribution in [0.15, 0.2) is 36.7 Å². The Morgan fingerprint density at radius 3 is 2.42 bits per heavy atom. The zero-order chi connectivity index (χ0) is 23.2. The third-order valence-corrected chi connectivity index (χ3v) is 4.42. The van der Waals surface area contributed by atoms with Crippen LogP contribution in [0.2, 0.25) is 0 Å². The molecule has 2 rings (SSSR count). The second-order valence-corrected chi connectivity index (χ2v) is 7.31. The molecule has 2 aromatic rings. The lowest BCUT2D eigenvalue weighted by atomic mass is 10.0. The van der Waals surface area contributed by atoms with Crippen molar-refractivity contribution < 1.29 is 31.9 Å². The van der Waals surface area contributed by atoms with Crippen LogP contribution in [-0.2, 0) is 11.2 Å². The SMILES string of the molecule is CC(C)C(=O)Cc1cc(C(=O)NC(C)c2ccc(OCC(F)(F)C(F)F)nc2)ccn1. The number of aromatic nitrogens is 2. The summed E-state index contributed by atoms with van der Waals surface area (Å²) in [7, 11) is 0. The van der Waals surface area contributed by atoms with Crippen LogP contribution in [0.1, 0.15) is 48.4 Å². The molecule has 0 bridgehead atoms. The lowest BCUT2D eigenvalue weighted by molar-refractivity contribution is -0.148. The number of halogens is 4. The van der Waals surface area contributed by atoms with Crippen molar-refractivity contribution in [2.45, 2.75) is 45.6 Å². The van der Waals surface area contributed by atoms with Gasteiger partial charge in [-0.25, -0.2) is 13.8 Å². The number of pyridine rings is 2. The Kier molecular flexibility index (Phi) is 8.07. The first kappa shape index (κ1) is 24.2. The number of ether oxygens (including phenoxy) is 1. The number of alkyl halides is 4. The minimum atomic E-state index is -4.27. The molecule has 168 valence electrons. The van der Waals surface area contributed by atoms with Gasteiger partial charge >= 0.3 is 12.3 Å². The molecule has 0 aliphatic heterocycles. The Morgan fingerprint density at radius 1 is 1.13 bits per heavy atom. The second-order valence-electron chi connectivity index (χ2n) is 7.31. The average Bonchev–Trinajstić information content (AvgIpc) is 2.72. The highest BCUT2D eigenvalue weighted by Gasteiger charge is 2.41. The molecule has 0 spiro atoms. The van der Waals surface area contributed by atoms with Crippen LogP contribution in [0, 0.1) is 5.92 Å². The summed E-state index contributed by atoms with van der Waals surface area (Å²) in [5.74, 6) is -5.04. The number of carbonyl (C=O) groups excluding carboxylic acids is 2. The molecule has 2 heterocycles. The highest BCUT2D eigenvalue weighted by molar-refractivity contribution is 5.94. The largest absolute Gasteiger partial charge is 0.471 e. The molecule has 0 saturated heterocycles. The van der Waals surface area contributed by atoms with Crippen molar-refractivity contribution in [1.82, 2.24) is 15.3 Å². The van der Waals surface area contributed by atoms with Crippen molar-refractivity contribution in [3.8, 4) is 5.88 Å². The van der Waals surface area contributed by atoms with Crippen LogP contribution in [0.3, 0.4) is 0 Å². The summed E-state index contributed by atoms with van der Waals surface area (Å²) in [6, 6.07) is 5.30. The van der Waals surface area contributed by atoms with Crippen LogP contribution in [0.5, 0.6) is 5.88 Å². The van der Waals surface area contributed by atoms with Crippen molar-refractivity contribution in [2.75, 3.05) is 6.61 Å². The Labute approximate surface area is 177 Å². The summed E-state index contributed by atoms with van der Waals surface area (Å²) in [6.45, 7) is 3.77. The average molecular weight is 441 g/mol. The maximum Gasteiger partial charge on any atom is 0.340 e. The molecule has 1 atom stereocenters. The van der Waals surface area contributed by atoms with Crippen molar-refractivity contribution in [3.05, 3.63) is 53.5 Å². The first-order valence-corrected chi connectivity index (χ1v) is 9.53. The number of hydrogen-bond acceptors (Lipinski definition) is 5. The second kappa shape index (κ2) is 10.3. The monoisotopic (exact) mass is 441 g/mol. The molecule has 1 unspecified atom stereocenters. The first-order chi connectivity index (χ1) is 14.5. The standard InChI is InChI=1S/C21H23F4N3O3/c1-12(2)17(29)9-16-8-14(6-7-26-16)19(30)28-13(3)15-4-5-18(27-10-15)31-11-21(24,25)20(22)23/h4-8,10,12-13,20H,9,11H2,1-3H3,(H,28,30). The molecule has 6 nitrogen and oxygen atoms in total. The van der Waals surface area contributed by atoms with Gasteiger partial charge in [-0.15, -0.1) is 0 Å². The molecule has 1 amide bonds. The third-order valence-electron chi connectivity index (χ3n) is 4.42. The maximum atomic E-state index is 12.9. The minimum Gasteiger partial charge on any atom is -0.471 e. The fraction of sp³-hybridized carbons (Fsp3) is 0.429. The summed E-state index contributed by atoms with van der Waals surface area (Å²) >= 11 is 0. The molecule has 0 saturated carbocycles. The highest BCUT2D eigenvalue weighted by Crippen LogP contribution is 2.24. The lowest BCUT2D eigenvalue weighted by Gasteiger charge is -2.17. The van der Waals surface area contributed by atoms with Crippen LogP contribution >= 0.6 is 0 Å². The number of Topliss-reactive ketones (excluding diaryl/α,β-unsaturated/α-hetero) is 1. The molecule has 1 N–H and O–H groups in total. The van der Waals surface area contributed by atoms with E-state index in [-0.39, 0.29) is 24.0 Å². The molecular weight excluding hydrogens is 418 g/mol. The van der Waals surface area contributed by atoms with E-state index in [1.54, 1.807) is 26.8 Å². The van der Waals surface area contributed by atoms with Gasteiger partial charge in [-0.3, -0.25) is 14.6 Å². The maximum absolute atomic E-state index is 12.9.